The number of nitrogens with zero attached hydrogens (tertiary/aromatic N) is 1. The number of ether oxygens (including phenoxy) is 2. The molecule has 1 heterocycles. The lowest BCUT2D eigenvalue weighted by Gasteiger charge is -2.24. The molecule has 2 amide bonds. The quantitative estimate of drug-likeness (QED) is 0.805. The first-order chi connectivity index (χ1) is 9.65. The van der Waals surface area contributed by atoms with E-state index in [4.69, 9.17) is 9.47 Å². The van der Waals surface area contributed by atoms with Gasteiger partial charge in [0.05, 0.1) is 5.92 Å². The molecule has 122 valence electrons. The average molecular weight is 300 g/mol. The summed E-state index contributed by atoms with van der Waals surface area (Å²) in [4.78, 5) is 26.0. The Hall–Kier alpha value is -1.30. The molecular formula is C15H28N2O4. The normalized spacial score (nSPS) is 22.5. The van der Waals surface area contributed by atoms with Gasteiger partial charge in [-0.25, -0.2) is 4.79 Å². The lowest BCUT2D eigenvalue weighted by Crippen LogP contribution is -2.38. The fourth-order valence-corrected chi connectivity index (χ4v) is 2.53. The van der Waals surface area contributed by atoms with Crippen molar-refractivity contribution in [2.45, 2.75) is 40.2 Å². The van der Waals surface area contributed by atoms with Crippen molar-refractivity contribution in [1.82, 2.24) is 10.2 Å². The second kappa shape index (κ2) is 7.11. The van der Waals surface area contributed by atoms with Crippen molar-refractivity contribution in [3.8, 4) is 0 Å². The number of nitrogens with one attached hydrogen (secondary N) is 1. The molecule has 0 aromatic carbocycles. The first-order valence-electron chi connectivity index (χ1n) is 7.40. The molecule has 6 nitrogen and oxygen atoms in total. The maximum atomic E-state index is 12.2. The van der Waals surface area contributed by atoms with Gasteiger partial charge in [-0.2, -0.15) is 0 Å². The number of amides is 2. The van der Waals surface area contributed by atoms with Crippen molar-refractivity contribution in [2.24, 2.45) is 17.8 Å². The predicted molar refractivity (Wildman–Crippen MR) is 79.6 cm³/mol. The van der Waals surface area contributed by atoms with Crippen molar-refractivity contribution >= 4 is 12.0 Å². The van der Waals surface area contributed by atoms with Crippen LogP contribution in [0.25, 0.3) is 0 Å². The summed E-state index contributed by atoms with van der Waals surface area (Å²) in [6.07, 6.45) is -0.352. The summed E-state index contributed by atoms with van der Waals surface area (Å²) >= 11 is 0. The summed E-state index contributed by atoms with van der Waals surface area (Å²) in [5.74, 6) is 0.166. The molecule has 1 N–H and O–H groups in total. The van der Waals surface area contributed by atoms with Crippen LogP contribution in [0.1, 0.15) is 34.6 Å². The Morgan fingerprint density at radius 1 is 1.29 bits per heavy atom. The molecule has 21 heavy (non-hydrogen) atoms. The van der Waals surface area contributed by atoms with E-state index < -0.39 is 5.60 Å². The van der Waals surface area contributed by atoms with Gasteiger partial charge >= 0.3 is 6.09 Å². The van der Waals surface area contributed by atoms with E-state index in [1.165, 1.54) is 7.11 Å². The van der Waals surface area contributed by atoms with Crippen molar-refractivity contribution in [3.63, 3.8) is 0 Å². The smallest absolute Gasteiger partial charge is 0.410 e. The highest BCUT2D eigenvalue weighted by Crippen LogP contribution is 2.30. The van der Waals surface area contributed by atoms with Crippen LogP contribution < -0.4 is 5.32 Å². The van der Waals surface area contributed by atoms with Crippen molar-refractivity contribution < 1.29 is 19.1 Å². The van der Waals surface area contributed by atoms with Gasteiger partial charge in [-0.15, -0.1) is 0 Å². The Morgan fingerprint density at radius 2 is 1.90 bits per heavy atom. The SMILES string of the molecule is COCNC(=O)C1CN(C(=O)OC(C)(C)C)CC1C(C)C. The second-order valence-corrected chi connectivity index (χ2v) is 6.87. The molecule has 2 unspecified atom stereocenters. The van der Waals surface area contributed by atoms with Crippen LogP contribution in [0.4, 0.5) is 4.79 Å². The Morgan fingerprint density at radius 3 is 2.38 bits per heavy atom. The number of likely N-dealkylation sites (tertiary alicyclic amines) is 1. The number of hydrogen-bond donors (Lipinski definition) is 1. The van der Waals surface area contributed by atoms with Gasteiger partial charge in [-0.3, -0.25) is 4.79 Å². The third-order valence-electron chi connectivity index (χ3n) is 3.60. The summed E-state index contributed by atoms with van der Waals surface area (Å²) in [7, 11) is 1.53. The van der Waals surface area contributed by atoms with E-state index in [-0.39, 0.29) is 30.6 Å². The predicted octanol–water partition coefficient (Wildman–Crippen LogP) is 1.85. The maximum absolute atomic E-state index is 12.2. The highest BCUT2D eigenvalue weighted by atomic mass is 16.6. The molecule has 0 aromatic heterocycles. The molecule has 0 aromatic rings. The van der Waals surface area contributed by atoms with E-state index in [0.29, 0.717) is 19.0 Å². The van der Waals surface area contributed by atoms with Gasteiger partial charge in [-0.05, 0) is 32.6 Å². The number of hydrogen-bond acceptors (Lipinski definition) is 4. The van der Waals surface area contributed by atoms with Crippen molar-refractivity contribution in [3.05, 3.63) is 0 Å². The third-order valence-corrected chi connectivity index (χ3v) is 3.60. The molecule has 2 atom stereocenters. The first kappa shape index (κ1) is 17.8. The van der Waals surface area contributed by atoms with Crippen molar-refractivity contribution in [1.29, 1.82) is 0 Å². The lowest BCUT2D eigenvalue weighted by molar-refractivity contribution is -0.127. The molecule has 0 bridgehead atoms. The lowest BCUT2D eigenvalue weighted by atomic mass is 9.86. The highest BCUT2D eigenvalue weighted by molar-refractivity contribution is 5.81. The van der Waals surface area contributed by atoms with Crippen LogP contribution in [0.3, 0.4) is 0 Å². The second-order valence-electron chi connectivity index (χ2n) is 6.87. The summed E-state index contributed by atoms with van der Waals surface area (Å²) < 4.78 is 10.3. The monoisotopic (exact) mass is 300 g/mol. The minimum Gasteiger partial charge on any atom is -0.444 e. The fraction of sp³-hybridized carbons (Fsp3) is 0.867. The Kier molecular flexibility index (Phi) is 6.01. The Bertz CT molecular complexity index is 376. The van der Waals surface area contributed by atoms with Crippen LogP contribution in [0.5, 0.6) is 0 Å². The molecule has 1 aliphatic rings. The van der Waals surface area contributed by atoms with Crippen LogP contribution in [0, 0.1) is 17.8 Å². The van der Waals surface area contributed by atoms with Gasteiger partial charge in [0.1, 0.15) is 12.3 Å². The van der Waals surface area contributed by atoms with Gasteiger partial charge in [-0.1, -0.05) is 13.8 Å². The molecular weight excluding hydrogens is 272 g/mol. The van der Waals surface area contributed by atoms with Crippen LogP contribution in [-0.4, -0.2) is 49.4 Å². The molecule has 1 rings (SSSR count). The van der Waals surface area contributed by atoms with Crippen LogP contribution >= 0.6 is 0 Å². The van der Waals surface area contributed by atoms with Gasteiger partial charge < -0.3 is 19.7 Å². The third kappa shape index (κ3) is 5.19. The Labute approximate surface area is 127 Å². The number of carbonyl (C=O) groups is 2. The van der Waals surface area contributed by atoms with E-state index >= 15 is 0 Å². The molecule has 0 aliphatic carbocycles. The molecule has 1 saturated heterocycles. The molecule has 1 fully saturated rings. The topological polar surface area (TPSA) is 67.9 Å². The number of carbonyl (C=O) groups excluding carboxylic acids is 2. The van der Waals surface area contributed by atoms with E-state index in [0.717, 1.165) is 0 Å². The Balaban J connectivity index is 2.72. The maximum Gasteiger partial charge on any atom is 0.410 e. The summed E-state index contributed by atoms with van der Waals surface area (Å²) in [6.45, 7) is 10.8. The summed E-state index contributed by atoms with van der Waals surface area (Å²) in [5, 5.41) is 2.73. The largest absolute Gasteiger partial charge is 0.444 e. The minimum atomic E-state index is -0.527. The standard InChI is InChI=1S/C15H28N2O4/c1-10(2)11-7-17(14(19)21-15(3,4)5)8-12(11)13(18)16-9-20-6/h10-12H,7-9H2,1-6H3,(H,16,18). The molecule has 0 radical (unpaired) electrons. The fourth-order valence-electron chi connectivity index (χ4n) is 2.53. The van der Waals surface area contributed by atoms with Crippen LogP contribution in [0.2, 0.25) is 0 Å². The van der Waals surface area contributed by atoms with Crippen molar-refractivity contribution in [2.75, 3.05) is 26.9 Å². The van der Waals surface area contributed by atoms with Gasteiger partial charge in [0.2, 0.25) is 5.91 Å². The molecule has 0 saturated carbocycles. The summed E-state index contributed by atoms with van der Waals surface area (Å²) in [6, 6.07) is 0. The average Bonchev–Trinajstić information content (AvgIpc) is 2.79. The van der Waals surface area contributed by atoms with Gasteiger partial charge in [0.15, 0.2) is 0 Å². The number of methoxy groups -OCH3 is 1. The first-order valence-corrected chi connectivity index (χ1v) is 7.40. The van der Waals surface area contributed by atoms with Crippen LogP contribution in [-0.2, 0) is 14.3 Å². The summed E-state index contributed by atoms with van der Waals surface area (Å²) in [5.41, 5.74) is -0.527. The van der Waals surface area contributed by atoms with E-state index in [1.807, 2.05) is 20.8 Å². The van der Waals surface area contributed by atoms with E-state index in [1.54, 1.807) is 4.90 Å². The van der Waals surface area contributed by atoms with Gasteiger partial charge in [0, 0.05) is 20.2 Å². The molecule has 6 heteroatoms. The van der Waals surface area contributed by atoms with Crippen LogP contribution in [0.15, 0.2) is 0 Å². The van der Waals surface area contributed by atoms with E-state index in [2.05, 4.69) is 19.2 Å². The number of rotatable bonds is 4. The van der Waals surface area contributed by atoms with E-state index in [9.17, 15) is 9.59 Å². The zero-order valence-corrected chi connectivity index (χ0v) is 13.9. The zero-order chi connectivity index (χ0) is 16.2. The highest BCUT2D eigenvalue weighted by Gasteiger charge is 2.42. The molecule has 0 spiro atoms. The molecule has 1 aliphatic heterocycles. The zero-order valence-electron chi connectivity index (χ0n) is 13.9. The van der Waals surface area contributed by atoms with Gasteiger partial charge in [0.25, 0.3) is 0 Å². The minimum absolute atomic E-state index is 0.0680.